The highest BCUT2D eigenvalue weighted by Crippen LogP contribution is 2.44. The molecule has 3 rings (SSSR count). The van der Waals surface area contributed by atoms with E-state index in [1.54, 1.807) is 6.07 Å². The molecule has 2 aliphatic heterocycles. The maximum absolute atomic E-state index is 12.4. The summed E-state index contributed by atoms with van der Waals surface area (Å²) in [5.41, 5.74) is 0.643. The quantitative estimate of drug-likeness (QED) is 0.885. The third kappa shape index (κ3) is 2.23. The van der Waals surface area contributed by atoms with Gasteiger partial charge < -0.3 is 15.2 Å². The summed E-state index contributed by atoms with van der Waals surface area (Å²) in [6, 6.07) is 7.25. The van der Waals surface area contributed by atoms with Gasteiger partial charge in [-0.25, -0.2) is 0 Å². The van der Waals surface area contributed by atoms with Gasteiger partial charge in [0.2, 0.25) is 5.91 Å². The van der Waals surface area contributed by atoms with E-state index in [4.69, 9.17) is 4.74 Å². The number of aliphatic carboxylic acids is 1. The minimum Gasteiger partial charge on any atom is -0.481 e. The Kier molecular flexibility index (Phi) is 3.52. The molecule has 0 radical (unpaired) electrons. The molecular formula is C14H14BrNO4. The van der Waals surface area contributed by atoms with Crippen molar-refractivity contribution in [3.8, 4) is 0 Å². The number of hydrogen-bond donors (Lipinski definition) is 2. The number of carboxylic acid groups (broad SMARTS) is 1. The van der Waals surface area contributed by atoms with E-state index >= 15 is 0 Å². The van der Waals surface area contributed by atoms with Gasteiger partial charge in [0.1, 0.15) is 0 Å². The lowest BCUT2D eigenvalue weighted by Gasteiger charge is -2.24. The number of rotatable bonds is 3. The second kappa shape index (κ2) is 5.18. The second-order valence-corrected chi connectivity index (χ2v) is 6.00. The molecule has 0 unspecified atom stereocenters. The number of carbonyl (C=O) groups excluding carboxylic acids is 1. The Morgan fingerprint density at radius 1 is 1.20 bits per heavy atom. The van der Waals surface area contributed by atoms with Crippen LogP contribution in [0.4, 0.5) is 5.69 Å². The highest BCUT2D eigenvalue weighted by Gasteiger charge is 2.55. The van der Waals surface area contributed by atoms with Crippen molar-refractivity contribution in [1.29, 1.82) is 0 Å². The third-order valence-corrected chi connectivity index (χ3v) is 4.68. The van der Waals surface area contributed by atoms with E-state index in [1.165, 1.54) is 0 Å². The Balaban J connectivity index is 1.80. The molecule has 2 heterocycles. The molecule has 0 saturated carbocycles. The molecule has 20 heavy (non-hydrogen) atoms. The third-order valence-electron chi connectivity index (χ3n) is 3.99. The molecule has 2 fully saturated rings. The van der Waals surface area contributed by atoms with Crippen molar-refractivity contribution in [3.63, 3.8) is 0 Å². The average molecular weight is 340 g/mol. The Morgan fingerprint density at radius 2 is 1.85 bits per heavy atom. The maximum Gasteiger partial charge on any atom is 0.310 e. The monoisotopic (exact) mass is 339 g/mol. The molecule has 2 N–H and O–H groups in total. The van der Waals surface area contributed by atoms with Gasteiger partial charge in [-0.15, -0.1) is 0 Å². The first-order valence-electron chi connectivity index (χ1n) is 6.51. The van der Waals surface area contributed by atoms with Gasteiger partial charge in [0.25, 0.3) is 0 Å². The van der Waals surface area contributed by atoms with Crippen LogP contribution in [0.15, 0.2) is 28.7 Å². The van der Waals surface area contributed by atoms with E-state index in [1.807, 2.05) is 18.2 Å². The molecule has 2 aliphatic rings. The summed E-state index contributed by atoms with van der Waals surface area (Å²) in [7, 11) is 0. The minimum atomic E-state index is -0.954. The lowest BCUT2D eigenvalue weighted by atomic mass is 9.78. The molecule has 4 atom stereocenters. The van der Waals surface area contributed by atoms with Gasteiger partial charge in [0.05, 0.1) is 29.7 Å². The molecule has 1 aromatic rings. The number of halogens is 1. The Hall–Kier alpha value is -1.40. The maximum atomic E-state index is 12.4. The lowest BCUT2D eigenvalue weighted by molar-refractivity contribution is -0.147. The first-order chi connectivity index (χ1) is 9.58. The van der Waals surface area contributed by atoms with Crippen LogP contribution in [0.25, 0.3) is 0 Å². The van der Waals surface area contributed by atoms with Crippen LogP contribution >= 0.6 is 15.9 Å². The summed E-state index contributed by atoms with van der Waals surface area (Å²) < 4.78 is 6.36. The van der Waals surface area contributed by atoms with E-state index < -0.39 is 17.8 Å². The van der Waals surface area contributed by atoms with Crippen LogP contribution in [0.1, 0.15) is 12.8 Å². The van der Waals surface area contributed by atoms with Crippen LogP contribution in [0.3, 0.4) is 0 Å². The molecule has 106 valence electrons. The van der Waals surface area contributed by atoms with Crippen LogP contribution < -0.4 is 5.32 Å². The van der Waals surface area contributed by atoms with Crippen LogP contribution in [-0.2, 0) is 14.3 Å². The van der Waals surface area contributed by atoms with Crippen molar-refractivity contribution in [3.05, 3.63) is 28.7 Å². The van der Waals surface area contributed by atoms with Crippen LogP contribution in [0, 0.1) is 11.8 Å². The number of hydrogen-bond acceptors (Lipinski definition) is 3. The van der Waals surface area contributed by atoms with Crippen LogP contribution in [0.2, 0.25) is 0 Å². The fourth-order valence-corrected chi connectivity index (χ4v) is 3.49. The summed E-state index contributed by atoms with van der Waals surface area (Å²) in [6.07, 6.45) is 0.874. The second-order valence-electron chi connectivity index (χ2n) is 5.15. The van der Waals surface area contributed by atoms with Crippen molar-refractivity contribution >= 4 is 33.5 Å². The van der Waals surface area contributed by atoms with Gasteiger partial charge in [-0.3, -0.25) is 9.59 Å². The number of anilines is 1. The Bertz CT molecular complexity index is 562. The molecule has 5 nitrogen and oxygen atoms in total. The van der Waals surface area contributed by atoms with E-state index in [0.29, 0.717) is 5.69 Å². The predicted octanol–water partition coefficient (Wildman–Crippen LogP) is 2.27. The van der Waals surface area contributed by atoms with Gasteiger partial charge in [0.15, 0.2) is 0 Å². The summed E-state index contributed by atoms with van der Waals surface area (Å²) >= 11 is 3.36. The Morgan fingerprint density at radius 3 is 2.50 bits per heavy atom. The first kappa shape index (κ1) is 13.6. The number of carbonyl (C=O) groups is 2. The van der Waals surface area contributed by atoms with Crippen molar-refractivity contribution < 1.29 is 19.4 Å². The molecule has 0 aromatic heterocycles. The zero-order chi connectivity index (χ0) is 14.3. The largest absolute Gasteiger partial charge is 0.481 e. The standard InChI is InChI=1S/C14H14BrNO4/c15-7-3-1-2-4-8(7)16-13(17)11-9-5-6-10(20-9)12(11)14(18)19/h1-4,9-12H,5-6H2,(H,16,17)(H,18,19)/t9-,10+,11+,12+/m1/s1. The molecule has 2 saturated heterocycles. The smallest absolute Gasteiger partial charge is 0.310 e. The normalized spacial score (nSPS) is 31.2. The van der Waals surface area contributed by atoms with Crippen LogP contribution in [0.5, 0.6) is 0 Å². The van der Waals surface area contributed by atoms with E-state index in [0.717, 1.165) is 17.3 Å². The van der Waals surface area contributed by atoms with Gasteiger partial charge in [-0.1, -0.05) is 12.1 Å². The lowest BCUT2D eigenvalue weighted by Crippen LogP contribution is -2.41. The molecule has 0 aliphatic carbocycles. The van der Waals surface area contributed by atoms with E-state index in [2.05, 4.69) is 21.2 Å². The predicted molar refractivity (Wildman–Crippen MR) is 75.3 cm³/mol. The van der Waals surface area contributed by atoms with Crippen LogP contribution in [-0.4, -0.2) is 29.2 Å². The highest BCUT2D eigenvalue weighted by atomic mass is 79.9. The van der Waals surface area contributed by atoms with Crippen molar-refractivity contribution in [2.45, 2.75) is 25.0 Å². The number of ether oxygens (including phenoxy) is 1. The summed E-state index contributed by atoms with van der Waals surface area (Å²) in [5, 5.41) is 12.1. The van der Waals surface area contributed by atoms with Gasteiger partial charge >= 0.3 is 5.97 Å². The number of amides is 1. The molecule has 6 heteroatoms. The fourth-order valence-electron chi connectivity index (χ4n) is 3.10. The van der Waals surface area contributed by atoms with E-state index in [9.17, 15) is 14.7 Å². The summed E-state index contributed by atoms with van der Waals surface area (Å²) in [4.78, 5) is 23.8. The van der Waals surface area contributed by atoms with Crippen molar-refractivity contribution in [2.24, 2.45) is 11.8 Å². The highest BCUT2D eigenvalue weighted by molar-refractivity contribution is 9.10. The molecule has 1 aromatic carbocycles. The van der Waals surface area contributed by atoms with Gasteiger partial charge in [0, 0.05) is 4.47 Å². The minimum absolute atomic E-state index is 0.274. The zero-order valence-corrected chi connectivity index (χ0v) is 12.2. The SMILES string of the molecule is O=C(O)[C@@H]1[C@@H](C(=O)Nc2ccccc2Br)[C@H]2CC[C@@H]1O2. The molecule has 2 bridgehead atoms. The number of carboxylic acids is 1. The number of fused-ring (bicyclic) bond motifs is 2. The van der Waals surface area contributed by atoms with Crippen molar-refractivity contribution in [1.82, 2.24) is 0 Å². The number of para-hydroxylation sites is 1. The fraction of sp³-hybridized carbons (Fsp3) is 0.429. The molecular weight excluding hydrogens is 326 g/mol. The van der Waals surface area contributed by atoms with E-state index in [-0.39, 0.29) is 18.1 Å². The number of benzene rings is 1. The van der Waals surface area contributed by atoms with Gasteiger partial charge in [-0.05, 0) is 40.9 Å². The first-order valence-corrected chi connectivity index (χ1v) is 7.31. The number of nitrogens with one attached hydrogen (secondary N) is 1. The van der Waals surface area contributed by atoms with Gasteiger partial charge in [-0.2, -0.15) is 0 Å². The summed E-state index contributed by atoms with van der Waals surface area (Å²) in [5.74, 6) is -2.59. The molecule has 1 amide bonds. The summed E-state index contributed by atoms with van der Waals surface area (Å²) in [6.45, 7) is 0. The average Bonchev–Trinajstić information content (AvgIpc) is 3.01. The topological polar surface area (TPSA) is 75.6 Å². The zero-order valence-electron chi connectivity index (χ0n) is 10.6. The Labute approximate surface area is 124 Å². The molecule has 0 spiro atoms. The van der Waals surface area contributed by atoms with Crippen molar-refractivity contribution in [2.75, 3.05) is 5.32 Å².